The molecule has 0 bridgehead atoms. The topological polar surface area (TPSA) is 0 Å². The quantitative estimate of drug-likeness (QED) is 0.431. The van der Waals surface area contributed by atoms with E-state index < -0.39 is 0 Å². The molecule has 0 radical (unpaired) electrons. The normalized spacial score (nSPS) is 37.9. The van der Waals surface area contributed by atoms with Crippen LogP contribution in [0.3, 0.4) is 0 Å². The van der Waals surface area contributed by atoms with Crippen molar-refractivity contribution in [2.75, 3.05) is 0 Å². The monoisotopic (exact) mass is 352 g/mol. The molecule has 24 heavy (non-hydrogen) atoms. The SMILES string of the molecule is CC(C)[C@@H]1CC[C@@H](C)C[C@H]1CB(Cl)C[C@@H]1C[C@H](C)CC[C@H]1C(C)C. The maximum atomic E-state index is 6.98. The predicted octanol–water partition coefficient (Wildman–Crippen LogP) is 7.63. The van der Waals surface area contributed by atoms with Gasteiger partial charge in [-0.25, -0.2) is 0 Å². The van der Waals surface area contributed by atoms with Crippen molar-refractivity contribution in [3.05, 3.63) is 0 Å². The Kier molecular flexibility index (Phi) is 8.04. The number of hydrogen-bond acceptors (Lipinski definition) is 0. The minimum absolute atomic E-state index is 0.401. The summed E-state index contributed by atoms with van der Waals surface area (Å²) in [6.07, 6.45) is 11.5. The summed E-state index contributed by atoms with van der Waals surface area (Å²) >= 11 is 6.98. The molecule has 0 amide bonds. The maximum Gasteiger partial charge on any atom is 0.251 e. The molecule has 0 nitrogen and oxygen atoms in total. The van der Waals surface area contributed by atoms with Crippen LogP contribution >= 0.6 is 11.5 Å². The molecule has 2 rings (SSSR count). The van der Waals surface area contributed by atoms with Crippen LogP contribution in [-0.2, 0) is 0 Å². The van der Waals surface area contributed by atoms with Crippen molar-refractivity contribution in [1.82, 2.24) is 0 Å². The molecular formula is C22H42BCl. The Hall–Kier alpha value is 0.355. The molecule has 2 fully saturated rings. The van der Waals surface area contributed by atoms with Crippen molar-refractivity contribution in [2.24, 2.45) is 47.3 Å². The lowest BCUT2D eigenvalue weighted by Gasteiger charge is -2.40. The van der Waals surface area contributed by atoms with Crippen LogP contribution in [0, 0.1) is 47.3 Å². The standard InChI is InChI=1S/C22H42BCl/c1-15(2)21-9-7-17(5)11-19(21)13-23(24)14-20-12-18(6)8-10-22(20)16(3)4/h15-22H,7-14H2,1-6H3/t17-,18-,19+,20+,21+,22+/m1/s1. The molecule has 0 N–H and O–H groups in total. The van der Waals surface area contributed by atoms with Crippen LogP contribution in [0.2, 0.25) is 12.6 Å². The van der Waals surface area contributed by atoms with Crippen molar-refractivity contribution in [2.45, 2.75) is 92.7 Å². The van der Waals surface area contributed by atoms with E-state index in [0.717, 1.165) is 47.3 Å². The molecule has 0 saturated heterocycles. The lowest BCUT2D eigenvalue weighted by atomic mass is 9.53. The van der Waals surface area contributed by atoms with E-state index in [2.05, 4.69) is 41.5 Å². The van der Waals surface area contributed by atoms with Gasteiger partial charge in [-0.15, -0.1) is 0 Å². The summed E-state index contributed by atoms with van der Waals surface area (Å²) in [5.41, 5.74) is 0. The zero-order valence-electron chi connectivity index (χ0n) is 17.2. The summed E-state index contributed by atoms with van der Waals surface area (Å²) in [6.45, 7) is 14.6. The first-order valence-corrected chi connectivity index (χ1v) is 11.4. The molecule has 0 aromatic carbocycles. The van der Waals surface area contributed by atoms with Gasteiger partial charge in [-0.05, 0) is 73.0 Å². The van der Waals surface area contributed by atoms with E-state index >= 15 is 0 Å². The van der Waals surface area contributed by atoms with Gasteiger partial charge >= 0.3 is 0 Å². The molecule has 2 aliphatic rings. The van der Waals surface area contributed by atoms with Gasteiger partial charge in [-0.3, -0.25) is 0 Å². The van der Waals surface area contributed by atoms with Crippen LogP contribution in [0.5, 0.6) is 0 Å². The van der Waals surface area contributed by atoms with Crippen molar-refractivity contribution in [3.8, 4) is 0 Å². The predicted molar refractivity (Wildman–Crippen MR) is 111 cm³/mol. The first-order chi connectivity index (χ1) is 11.3. The molecule has 0 heterocycles. The Morgan fingerprint density at radius 1 is 0.750 bits per heavy atom. The molecule has 140 valence electrons. The molecule has 0 spiro atoms. The van der Waals surface area contributed by atoms with Crippen molar-refractivity contribution in [1.29, 1.82) is 0 Å². The molecule has 0 aliphatic heterocycles. The van der Waals surface area contributed by atoms with Crippen LogP contribution in [0.15, 0.2) is 0 Å². The second-order valence-electron chi connectivity index (χ2n) is 10.2. The van der Waals surface area contributed by atoms with Crippen molar-refractivity contribution < 1.29 is 0 Å². The van der Waals surface area contributed by atoms with Gasteiger partial charge in [0.15, 0.2) is 0 Å². The average molecular weight is 353 g/mol. The third-order valence-corrected chi connectivity index (χ3v) is 7.79. The first kappa shape index (κ1) is 20.7. The van der Waals surface area contributed by atoms with E-state index in [-0.39, 0.29) is 0 Å². The van der Waals surface area contributed by atoms with Gasteiger partial charge in [0.1, 0.15) is 0 Å². The molecule has 2 saturated carbocycles. The van der Waals surface area contributed by atoms with Crippen molar-refractivity contribution in [3.63, 3.8) is 0 Å². The Bertz CT molecular complexity index is 333. The zero-order chi connectivity index (χ0) is 17.9. The van der Waals surface area contributed by atoms with Gasteiger partial charge in [0.25, 0.3) is 6.13 Å². The second kappa shape index (κ2) is 9.34. The van der Waals surface area contributed by atoms with Crippen LogP contribution in [0.4, 0.5) is 0 Å². The third kappa shape index (κ3) is 5.68. The minimum Gasteiger partial charge on any atom is -0.196 e. The largest absolute Gasteiger partial charge is 0.251 e. The highest BCUT2D eigenvalue weighted by molar-refractivity contribution is 7.07. The Labute approximate surface area is 157 Å². The third-order valence-electron chi connectivity index (χ3n) is 7.44. The number of rotatable bonds is 6. The summed E-state index contributed by atoms with van der Waals surface area (Å²) in [5.74, 6) is 7.03. The zero-order valence-corrected chi connectivity index (χ0v) is 18.0. The van der Waals surface area contributed by atoms with Gasteiger partial charge < -0.3 is 0 Å². The summed E-state index contributed by atoms with van der Waals surface area (Å²) < 4.78 is 0. The highest BCUT2D eigenvalue weighted by Crippen LogP contribution is 2.44. The van der Waals surface area contributed by atoms with Gasteiger partial charge in [-0.2, -0.15) is 11.5 Å². The molecule has 0 aromatic rings. The smallest absolute Gasteiger partial charge is 0.196 e. The molecule has 2 heteroatoms. The molecule has 0 aromatic heterocycles. The maximum absolute atomic E-state index is 6.98. The van der Waals surface area contributed by atoms with Crippen molar-refractivity contribution >= 4 is 17.6 Å². The molecule has 0 unspecified atom stereocenters. The van der Waals surface area contributed by atoms with Crippen LogP contribution in [-0.4, -0.2) is 6.13 Å². The average Bonchev–Trinajstić information content (AvgIpc) is 2.46. The van der Waals surface area contributed by atoms with Crippen LogP contribution in [0.25, 0.3) is 0 Å². The van der Waals surface area contributed by atoms with Gasteiger partial charge in [0.2, 0.25) is 0 Å². The first-order valence-electron chi connectivity index (χ1n) is 10.9. The highest BCUT2D eigenvalue weighted by atomic mass is 35.5. The van der Waals surface area contributed by atoms with E-state index in [4.69, 9.17) is 11.5 Å². The Morgan fingerprint density at radius 2 is 1.12 bits per heavy atom. The highest BCUT2D eigenvalue weighted by Gasteiger charge is 2.36. The van der Waals surface area contributed by atoms with Gasteiger partial charge in [0, 0.05) is 0 Å². The van der Waals surface area contributed by atoms with E-state index in [1.807, 2.05) is 0 Å². The Balaban J connectivity index is 1.93. The fraction of sp³-hybridized carbons (Fsp3) is 1.00. The van der Waals surface area contributed by atoms with E-state index in [1.54, 1.807) is 0 Å². The van der Waals surface area contributed by atoms with E-state index in [9.17, 15) is 0 Å². The summed E-state index contributed by atoms with van der Waals surface area (Å²) in [5, 5.41) is 0. The lowest BCUT2D eigenvalue weighted by Crippen LogP contribution is -2.33. The van der Waals surface area contributed by atoms with Crippen LogP contribution in [0.1, 0.15) is 80.1 Å². The summed E-state index contributed by atoms with van der Waals surface area (Å²) in [4.78, 5) is 0. The lowest BCUT2D eigenvalue weighted by molar-refractivity contribution is 0.152. The van der Waals surface area contributed by atoms with Gasteiger partial charge in [-0.1, -0.05) is 67.0 Å². The molecule has 6 atom stereocenters. The molecular weight excluding hydrogens is 311 g/mol. The number of halogens is 1. The molecule has 2 aliphatic carbocycles. The minimum atomic E-state index is 0.401. The van der Waals surface area contributed by atoms with Crippen LogP contribution < -0.4 is 0 Å². The second-order valence-corrected chi connectivity index (χ2v) is 10.9. The van der Waals surface area contributed by atoms with E-state index in [1.165, 1.54) is 51.2 Å². The summed E-state index contributed by atoms with van der Waals surface area (Å²) in [7, 11) is 0. The Morgan fingerprint density at radius 3 is 1.46 bits per heavy atom. The fourth-order valence-electron chi connectivity index (χ4n) is 6.09. The fourth-order valence-corrected chi connectivity index (χ4v) is 6.55. The summed E-state index contributed by atoms with van der Waals surface area (Å²) in [6, 6.07) is 0. The van der Waals surface area contributed by atoms with E-state index in [0.29, 0.717) is 6.13 Å². The number of hydrogen-bond donors (Lipinski definition) is 0. The van der Waals surface area contributed by atoms with Gasteiger partial charge in [0.05, 0.1) is 0 Å².